The highest BCUT2D eigenvalue weighted by molar-refractivity contribution is 5.60. The molecule has 6 heteroatoms. The number of nitrogens with one attached hydrogen (secondary N) is 1. The molecular weight excluding hydrogens is 255 g/mol. The van der Waals surface area contributed by atoms with Crippen molar-refractivity contribution in [1.29, 1.82) is 0 Å². The minimum Gasteiger partial charge on any atom is -0.325 e. The van der Waals surface area contributed by atoms with Gasteiger partial charge < -0.3 is 9.88 Å². The van der Waals surface area contributed by atoms with E-state index < -0.39 is 11.7 Å². The summed E-state index contributed by atoms with van der Waals surface area (Å²) in [6.07, 6.45) is -2.60. The van der Waals surface area contributed by atoms with E-state index in [-0.39, 0.29) is 5.69 Å². The molecule has 0 saturated heterocycles. The van der Waals surface area contributed by atoms with Gasteiger partial charge in [-0.2, -0.15) is 13.2 Å². The summed E-state index contributed by atoms with van der Waals surface area (Å²) in [5.41, 5.74) is 0.0717. The molecule has 19 heavy (non-hydrogen) atoms. The van der Waals surface area contributed by atoms with Gasteiger partial charge in [0.25, 0.3) is 0 Å². The molecule has 1 aromatic carbocycles. The van der Waals surface area contributed by atoms with E-state index in [9.17, 15) is 13.2 Å². The number of aryl methyl sites for hydroxylation is 2. The molecule has 0 spiro atoms. The van der Waals surface area contributed by atoms with E-state index in [2.05, 4.69) is 10.3 Å². The van der Waals surface area contributed by atoms with E-state index in [0.717, 1.165) is 11.8 Å². The molecule has 0 radical (unpaired) electrons. The van der Waals surface area contributed by atoms with Crippen molar-refractivity contribution in [1.82, 2.24) is 9.55 Å². The largest absolute Gasteiger partial charge is 0.418 e. The number of benzene rings is 1. The molecule has 1 aromatic heterocycles. The Kier molecular flexibility index (Phi) is 3.50. The van der Waals surface area contributed by atoms with Gasteiger partial charge in [-0.25, -0.2) is 4.98 Å². The normalized spacial score (nSPS) is 11.6. The first-order valence-corrected chi connectivity index (χ1v) is 5.89. The number of rotatable bonds is 3. The van der Waals surface area contributed by atoms with Crippen LogP contribution in [0.2, 0.25) is 0 Å². The number of imidazole rings is 1. The monoisotopic (exact) mass is 269 g/mol. The summed E-state index contributed by atoms with van der Waals surface area (Å²) in [4.78, 5) is 4.18. The van der Waals surface area contributed by atoms with Crippen LogP contribution in [0.1, 0.15) is 18.2 Å². The molecule has 102 valence electrons. The highest BCUT2D eigenvalue weighted by Gasteiger charge is 2.33. The van der Waals surface area contributed by atoms with Crippen molar-refractivity contribution >= 4 is 11.6 Å². The topological polar surface area (TPSA) is 29.9 Å². The van der Waals surface area contributed by atoms with Gasteiger partial charge in [-0.3, -0.25) is 0 Å². The van der Waals surface area contributed by atoms with Gasteiger partial charge in [0, 0.05) is 12.7 Å². The van der Waals surface area contributed by atoms with Crippen molar-refractivity contribution in [2.24, 2.45) is 0 Å². The summed E-state index contributed by atoms with van der Waals surface area (Å²) in [6, 6.07) is 5.37. The Hall–Kier alpha value is -1.98. The maximum absolute atomic E-state index is 12.9. The molecule has 1 heterocycles. The molecule has 0 atom stereocenters. The van der Waals surface area contributed by atoms with Crippen molar-refractivity contribution in [3.05, 3.63) is 41.7 Å². The first-order valence-electron chi connectivity index (χ1n) is 5.89. The Morgan fingerprint density at radius 1 is 1.26 bits per heavy atom. The molecule has 0 unspecified atom stereocenters. The first kappa shape index (κ1) is 13.5. The van der Waals surface area contributed by atoms with Crippen LogP contribution in [0.15, 0.2) is 30.5 Å². The lowest BCUT2D eigenvalue weighted by molar-refractivity contribution is -0.136. The number of alkyl halides is 3. The van der Waals surface area contributed by atoms with Gasteiger partial charge in [0.2, 0.25) is 5.95 Å². The number of halogens is 3. The maximum Gasteiger partial charge on any atom is 0.418 e. The maximum atomic E-state index is 12.9. The van der Waals surface area contributed by atoms with E-state index in [1.165, 1.54) is 12.1 Å². The van der Waals surface area contributed by atoms with Crippen LogP contribution in [-0.2, 0) is 12.7 Å². The van der Waals surface area contributed by atoms with Gasteiger partial charge in [0.15, 0.2) is 0 Å². The number of hydrogen-bond acceptors (Lipinski definition) is 2. The fourth-order valence-corrected chi connectivity index (χ4v) is 1.85. The van der Waals surface area contributed by atoms with Crippen molar-refractivity contribution < 1.29 is 13.2 Å². The molecule has 0 bridgehead atoms. The number of nitrogens with zero attached hydrogens (tertiary/aromatic N) is 2. The van der Waals surface area contributed by atoms with Gasteiger partial charge in [0.1, 0.15) is 0 Å². The molecule has 0 saturated carbocycles. The van der Waals surface area contributed by atoms with Crippen molar-refractivity contribution in [3.8, 4) is 0 Å². The van der Waals surface area contributed by atoms with Gasteiger partial charge in [0.05, 0.1) is 16.9 Å². The molecule has 0 fully saturated rings. The highest BCUT2D eigenvalue weighted by atomic mass is 19.4. The van der Waals surface area contributed by atoms with Crippen molar-refractivity contribution in [2.45, 2.75) is 26.6 Å². The molecule has 0 aliphatic carbocycles. The van der Waals surface area contributed by atoms with Crippen LogP contribution in [-0.4, -0.2) is 9.55 Å². The van der Waals surface area contributed by atoms with Crippen LogP contribution in [0.4, 0.5) is 24.8 Å². The Bertz CT molecular complexity index is 573. The third-order valence-corrected chi connectivity index (χ3v) is 2.72. The molecule has 2 rings (SSSR count). The summed E-state index contributed by atoms with van der Waals surface area (Å²) >= 11 is 0. The minimum absolute atomic E-state index is 0.00954. The molecule has 3 nitrogen and oxygen atoms in total. The molecule has 2 aromatic rings. The standard InChI is InChI=1S/C13H14F3N3/c1-3-19-8-9(2)17-12(19)18-11-7-5-4-6-10(11)13(14,15)16/h4-8H,3H2,1-2H3,(H,17,18). The van der Waals surface area contributed by atoms with E-state index in [4.69, 9.17) is 0 Å². The quantitative estimate of drug-likeness (QED) is 0.913. The van der Waals surface area contributed by atoms with E-state index in [1.54, 1.807) is 23.8 Å². The van der Waals surface area contributed by atoms with E-state index >= 15 is 0 Å². The minimum atomic E-state index is -4.39. The number of aromatic nitrogens is 2. The highest BCUT2D eigenvalue weighted by Crippen LogP contribution is 2.35. The second-order valence-electron chi connectivity index (χ2n) is 4.16. The fraction of sp³-hybridized carbons (Fsp3) is 0.308. The summed E-state index contributed by atoms with van der Waals surface area (Å²) in [6.45, 7) is 4.34. The second-order valence-corrected chi connectivity index (χ2v) is 4.16. The molecular formula is C13H14F3N3. The summed E-state index contributed by atoms with van der Waals surface area (Å²) < 4.78 is 40.4. The third kappa shape index (κ3) is 2.89. The van der Waals surface area contributed by atoms with E-state index in [1.807, 2.05) is 6.92 Å². The van der Waals surface area contributed by atoms with Crippen molar-refractivity contribution in [3.63, 3.8) is 0 Å². The lowest BCUT2D eigenvalue weighted by Crippen LogP contribution is -2.10. The Morgan fingerprint density at radius 3 is 2.58 bits per heavy atom. The van der Waals surface area contributed by atoms with Crippen LogP contribution in [0.25, 0.3) is 0 Å². The van der Waals surface area contributed by atoms with Gasteiger partial charge in [-0.05, 0) is 26.0 Å². The molecule has 0 amide bonds. The summed E-state index contributed by atoms with van der Waals surface area (Å²) in [5, 5.41) is 2.75. The SMILES string of the molecule is CCn1cc(C)nc1Nc1ccccc1C(F)(F)F. The second kappa shape index (κ2) is 4.95. The van der Waals surface area contributed by atoms with Crippen LogP contribution in [0, 0.1) is 6.92 Å². The average Bonchev–Trinajstić information content (AvgIpc) is 2.69. The Labute approximate surface area is 109 Å². The average molecular weight is 269 g/mol. The number of anilines is 2. The Balaban J connectivity index is 2.38. The first-order chi connectivity index (χ1) is 8.91. The number of para-hydroxylation sites is 1. The smallest absolute Gasteiger partial charge is 0.325 e. The predicted octanol–water partition coefficient (Wildman–Crippen LogP) is 3.97. The van der Waals surface area contributed by atoms with Gasteiger partial charge in [-0.15, -0.1) is 0 Å². The molecule has 0 aliphatic rings. The van der Waals surface area contributed by atoms with Gasteiger partial charge >= 0.3 is 6.18 Å². The zero-order chi connectivity index (χ0) is 14.0. The zero-order valence-electron chi connectivity index (χ0n) is 10.6. The lowest BCUT2D eigenvalue weighted by Gasteiger charge is -2.14. The third-order valence-electron chi connectivity index (χ3n) is 2.72. The fourth-order valence-electron chi connectivity index (χ4n) is 1.85. The van der Waals surface area contributed by atoms with E-state index in [0.29, 0.717) is 12.5 Å². The van der Waals surface area contributed by atoms with Crippen molar-refractivity contribution in [2.75, 3.05) is 5.32 Å². The Morgan fingerprint density at radius 2 is 1.95 bits per heavy atom. The van der Waals surface area contributed by atoms with Crippen LogP contribution in [0.3, 0.4) is 0 Å². The number of hydrogen-bond donors (Lipinski definition) is 1. The lowest BCUT2D eigenvalue weighted by atomic mass is 10.1. The zero-order valence-corrected chi connectivity index (χ0v) is 10.6. The van der Waals surface area contributed by atoms with Crippen LogP contribution in [0.5, 0.6) is 0 Å². The molecule has 1 N–H and O–H groups in total. The molecule has 0 aliphatic heterocycles. The summed E-state index contributed by atoms with van der Waals surface area (Å²) in [5.74, 6) is 0.414. The van der Waals surface area contributed by atoms with Gasteiger partial charge in [-0.1, -0.05) is 12.1 Å². The van der Waals surface area contributed by atoms with Crippen LogP contribution < -0.4 is 5.32 Å². The van der Waals surface area contributed by atoms with Crippen LogP contribution >= 0.6 is 0 Å². The predicted molar refractivity (Wildman–Crippen MR) is 67.4 cm³/mol. The summed E-state index contributed by atoms with van der Waals surface area (Å²) in [7, 11) is 0.